The van der Waals surface area contributed by atoms with Gasteiger partial charge in [0.2, 0.25) is 0 Å². The van der Waals surface area contributed by atoms with Crippen molar-refractivity contribution >= 4 is 24.5 Å². The number of anilines is 1. The molecular weight excluding hydrogens is 308 g/mol. The number of thiol groups is 1. The van der Waals surface area contributed by atoms with Crippen molar-refractivity contribution < 1.29 is 9.53 Å². The van der Waals surface area contributed by atoms with E-state index in [0.717, 1.165) is 30.0 Å². The number of ether oxygens (including phenoxy) is 1. The maximum Gasteiger partial charge on any atom is 0.329 e. The van der Waals surface area contributed by atoms with Crippen LogP contribution in [-0.4, -0.2) is 12.6 Å². The number of carbonyl (C=O) groups is 1. The minimum absolute atomic E-state index is 0.563. The maximum absolute atomic E-state index is 11.2. The first kappa shape index (κ1) is 17.2. The normalized spacial score (nSPS) is 10.3. The minimum Gasteiger partial charge on any atom is -0.491 e. The molecule has 2 N–H and O–H groups in total. The topological polar surface area (TPSA) is 55.6 Å². The standard InChI is InChI=1S/C18H22N2O2S/c19-18(21)20(23)16-12-6-7-13-17(16)22-14-8-2-5-11-15-9-3-1-4-10-15/h1,3-4,6-7,9-10,12-13,23H,2,5,8,11,14H2,(H2,19,21). The Hall–Kier alpha value is -2.14. The second kappa shape index (κ2) is 9.10. The highest BCUT2D eigenvalue weighted by atomic mass is 32.1. The lowest BCUT2D eigenvalue weighted by Crippen LogP contribution is -2.27. The summed E-state index contributed by atoms with van der Waals surface area (Å²) in [5.74, 6) is 0.615. The van der Waals surface area contributed by atoms with Crippen molar-refractivity contribution in [1.82, 2.24) is 0 Å². The van der Waals surface area contributed by atoms with Crippen LogP contribution in [0.25, 0.3) is 0 Å². The molecule has 2 aromatic rings. The van der Waals surface area contributed by atoms with E-state index in [4.69, 9.17) is 10.5 Å². The molecule has 0 aliphatic rings. The molecule has 0 bridgehead atoms. The van der Waals surface area contributed by atoms with Crippen molar-refractivity contribution in [3.8, 4) is 5.75 Å². The highest BCUT2D eigenvalue weighted by Crippen LogP contribution is 2.29. The smallest absolute Gasteiger partial charge is 0.329 e. The van der Waals surface area contributed by atoms with E-state index < -0.39 is 6.03 Å². The van der Waals surface area contributed by atoms with Gasteiger partial charge in [0.15, 0.2) is 0 Å². The van der Waals surface area contributed by atoms with E-state index in [2.05, 4.69) is 37.1 Å². The molecule has 5 heteroatoms. The number of rotatable bonds is 8. The molecule has 0 fully saturated rings. The van der Waals surface area contributed by atoms with Gasteiger partial charge in [0.1, 0.15) is 5.75 Å². The van der Waals surface area contributed by atoms with E-state index in [1.165, 1.54) is 5.56 Å². The van der Waals surface area contributed by atoms with Crippen LogP contribution in [0.4, 0.5) is 10.5 Å². The van der Waals surface area contributed by atoms with Gasteiger partial charge in [0.25, 0.3) is 0 Å². The first-order valence-electron chi connectivity index (χ1n) is 7.72. The minimum atomic E-state index is -0.632. The zero-order chi connectivity index (χ0) is 16.5. The van der Waals surface area contributed by atoms with Gasteiger partial charge < -0.3 is 10.5 Å². The fourth-order valence-corrected chi connectivity index (χ4v) is 2.47. The molecule has 0 aliphatic carbocycles. The second-order valence-electron chi connectivity index (χ2n) is 5.26. The molecule has 4 nitrogen and oxygen atoms in total. The number of benzene rings is 2. The lowest BCUT2D eigenvalue weighted by atomic mass is 10.1. The summed E-state index contributed by atoms with van der Waals surface area (Å²) in [6.45, 7) is 0.603. The summed E-state index contributed by atoms with van der Waals surface area (Å²) in [5.41, 5.74) is 7.17. The molecular formula is C18H22N2O2S. The summed E-state index contributed by atoms with van der Waals surface area (Å²) >= 11 is 4.08. The van der Waals surface area contributed by atoms with Crippen LogP contribution in [0.5, 0.6) is 5.75 Å². The third-order valence-electron chi connectivity index (χ3n) is 3.51. The summed E-state index contributed by atoms with van der Waals surface area (Å²) in [6, 6.07) is 17.1. The Kier molecular flexibility index (Phi) is 6.81. The molecule has 0 radical (unpaired) electrons. The number of carbonyl (C=O) groups excluding carboxylic acids is 1. The number of aryl methyl sites for hydroxylation is 1. The molecule has 0 unspecified atom stereocenters. The van der Waals surface area contributed by atoms with E-state index in [1.54, 1.807) is 6.07 Å². The zero-order valence-electron chi connectivity index (χ0n) is 13.0. The van der Waals surface area contributed by atoms with Crippen LogP contribution in [0.2, 0.25) is 0 Å². The van der Waals surface area contributed by atoms with Crippen LogP contribution in [0.1, 0.15) is 24.8 Å². The predicted octanol–water partition coefficient (Wildman–Crippen LogP) is 4.21. The average Bonchev–Trinajstić information content (AvgIpc) is 2.58. The Balaban J connectivity index is 1.73. The fraction of sp³-hybridized carbons (Fsp3) is 0.278. The van der Waals surface area contributed by atoms with Gasteiger partial charge in [-0.05, 0) is 43.4 Å². The monoisotopic (exact) mass is 330 g/mol. The second-order valence-corrected chi connectivity index (χ2v) is 5.66. The van der Waals surface area contributed by atoms with Crippen molar-refractivity contribution in [3.63, 3.8) is 0 Å². The van der Waals surface area contributed by atoms with Crippen LogP contribution >= 0.6 is 12.8 Å². The Labute approximate surface area is 142 Å². The number of hydrogen-bond acceptors (Lipinski definition) is 3. The van der Waals surface area contributed by atoms with E-state index in [0.29, 0.717) is 18.0 Å². The third-order valence-corrected chi connectivity index (χ3v) is 3.92. The summed E-state index contributed by atoms with van der Waals surface area (Å²) < 4.78 is 6.85. The Morgan fingerprint density at radius 3 is 2.43 bits per heavy atom. The summed E-state index contributed by atoms with van der Waals surface area (Å²) in [7, 11) is 0. The van der Waals surface area contributed by atoms with Crippen molar-refractivity contribution in [2.24, 2.45) is 5.73 Å². The van der Waals surface area contributed by atoms with Crippen LogP contribution < -0.4 is 14.8 Å². The van der Waals surface area contributed by atoms with Gasteiger partial charge in [0.05, 0.1) is 12.3 Å². The van der Waals surface area contributed by atoms with Gasteiger partial charge in [-0.2, -0.15) is 0 Å². The summed E-state index contributed by atoms with van der Waals surface area (Å²) in [6.07, 6.45) is 4.28. The number of amides is 2. The number of unbranched alkanes of at least 4 members (excludes halogenated alkanes) is 2. The Morgan fingerprint density at radius 1 is 1.00 bits per heavy atom. The van der Waals surface area contributed by atoms with Crippen molar-refractivity contribution in [2.45, 2.75) is 25.7 Å². The van der Waals surface area contributed by atoms with Crippen LogP contribution in [-0.2, 0) is 6.42 Å². The van der Waals surface area contributed by atoms with Crippen molar-refractivity contribution in [2.75, 3.05) is 10.9 Å². The van der Waals surface area contributed by atoms with E-state index in [9.17, 15) is 4.79 Å². The predicted molar refractivity (Wildman–Crippen MR) is 97.0 cm³/mol. The fourth-order valence-electron chi connectivity index (χ4n) is 2.31. The molecule has 23 heavy (non-hydrogen) atoms. The summed E-state index contributed by atoms with van der Waals surface area (Å²) in [5, 5.41) is 0. The van der Waals surface area contributed by atoms with Crippen LogP contribution in [0.15, 0.2) is 54.6 Å². The van der Waals surface area contributed by atoms with Gasteiger partial charge in [-0.15, -0.1) is 0 Å². The molecule has 122 valence electrons. The Bertz CT molecular complexity index is 619. The number of urea groups is 1. The molecule has 0 atom stereocenters. The van der Waals surface area contributed by atoms with Gasteiger partial charge in [-0.25, -0.2) is 9.10 Å². The van der Waals surface area contributed by atoms with Crippen LogP contribution in [0.3, 0.4) is 0 Å². The van der Waals surface area contributed by atoms with Gasteiger partial charge in [-0.3, -0.25) is 0 Å². The highest BCUT2D eigenvalue weighted by Gasteiger charge is 2.12. The number of para-hydroxylation sites is 2. The average molecular weight is 330 g/mol. The van der Waals surface area contributed by atoms with Crippen LogP contribution in [0, 0.1) is 0 Å². The molecule has 0 saturated carbocycles. The lowest BCUT2D eigenvalue weighted by molar-refractivity contribution is 0.257. The maximum atomic E-state index is 11.2. The van der Waals surface area contributed by atoms with Crippen molar-refractivity contribution in [1.29, 1.82) is 0 Å². The number of nitrogens with zero attached hydrogens (tertiary/aromatic N) is 1. The van der Waals surface area contributed by atoms with Crippen molar-refractivity contribution in [3.05, 3.63) is 60.2 Å². The van der Waals surface area contributed by atoms with E-state index in [-0.39, 0.29) is 0 Å². The number of nitrogens with two attached hydrogens (primary N) is 1. The first-order chi connectivity index (χ1) is 11.2. The van der Waals surface area contributed by atoms with Gasteiger partial charge in [0, 0.05) is 0 Å². The third kappa shape index (κ3) is 5.53. The molecule has 2 amide bonds. The molecule has 0 spiro atoms. The highest BCUT2D eigenvalue weighted by molar-refractivity contribution is 7.82. The van der Waals surface area contributed by atoms with Gasteiger partial charge >= 0.3 is 6.03 Å². The van der Waals surface area contributed by atoms with E-state index in [1.807, 2.05) is 24.3 Å². The zero-order valence-corrected chi connectivity index (χ0v) is 13.9. The molecule has 0 aliphatic heterocycles. The molecule has 2 rings (SSSR count). The van der Waals surface area contributed by atoms with Gasteiger partial charge in [-0.1, -0.05) is 55.3 Å². The quantitative estimate of drug-likeness (QED) is 0.563. The summed E-state index contributed by atoms with van der Waals surface area (Å²) in [4.78, 5) is 11.2. The molecule has 0 aromatic heterocycles. The lowest BCUT2D eigenvalue weighted by Gasteiger charge is -2.17. The van der Waals surface area contributed by atoms with E-state index >= 15 is 0 Å². The number of hydrogen-bond donors (Lipinski definition) is 2. The number of primary amides is 1. The first-order valence-corrected chi connectivity index (χ1v) is 8.12. The molecule has 2 aromatic carbocycles. The SMILES string of the molecule is NC(=O)N(S)c1ccccc1OCCCCCc1ccccc1. The Morgan fingerprint density at radius 2 is 1.70 bits per heavy atom. The largest absolute Gasteiger partial charge is 0.491 e. The molecule has 0 saturated heterocycles. The molecule has 0 heterocycles.